The Balaban J connectivity index is 0.00000204. The maximum Gasteiger partial charge on any atom is 0.278 e. The van der Waals surface area contributed by atoms with E-state index in [4.69, 9.17) is 10.6 Å². The summed E-state index contributed by atoms with van der Waals surface area (Å²) in [4.78, 5) is 25.4. The van der Waals surface area contributed by atoms with Crippen molar-refractivity contribution in [2.75, 3.05) is 17.7 Å². The fourth-order valence-corrected chi connectivity index (χ4v) is 2.08. The molecule has 29 heavy (non-hydrogen) atoms. The molecule has 2 rings (SSSR count). The van der Waals surface area contributed by atoms with E-state index in [-0.39, 0.29) is 16.9 Å². The number of carbonyl (C=O) groups excluding carboxylic acids is 1. The zero-order chi connectivity index (χ0) is 21.9. The predicted molar refractivity (Wildman–Crippen MR) is 119 cm³/mol. The number of nitrogens with one attached hydrogen (secondary N) is 1. The van der Waals surface area contributed by atoms with Gasteiger partial charge in [0.15, 0.2) is 11.5 Å². The lowest BCUT2D eigenvalue weighted by Crippen LogP contribution is -2.16. The van der Waals surface area contributed by atoms with Crippen LogP contribution in [-0.4, -0.2) is 28.2 Å². The molecule has 0 aliphatic rings. The Labute approximate surface area is 173 Å². The molecule has 3 N–H and O–H groups in total. The molecule has 0 bridgehead atoms. The number of hydrogen-bond donors (Lipinski definition) is 2. The van der Waals surface area contributed by atoms with Crippen molar-refractivity contribution in [1.29, 1.82) is 0 Å². The van der Waals surface area contributed by atoms with Crippen molar-refractivity contribution in [3.63, 3.8) is 0 Å². The van der Waals surface area contributed by atoms with E-state index in [1.807, 2.05) is 26.0 Å². The lowest BCUT2D eigenvalue weighted by molar-refractivity contribution is 0.0770. The van der Waals surface area contributed by atoms with E-state index in [9.17, 15) is 4.79 Å². The Bertz CT molecular complexity index is 824. The minimum absolute atomic E-state index is 0.0438. The van der Waals surface area contributed by atoms with E-state index in [2.05, 4.69) is 47.8 Å². The Hall–Kier alpha value is -3.22. The van der Waals surface area contributed by atoms with Gasteiger partial charge in [-0.3, -0.25) is 4.79 Å². The largest absolute Gasteiger partial charge is 0.395 e. The average Bonchev–Trinajstić information content (AvgIpc) is 2.69. The molecule has 2 aromatic rings. The number of benzene rings is 1. The van der Waals surface area contributed by atoms with Gasteiger partial charge in [-0.15, -0.1) is 0 Å². The molecule has 0 radical (unpaired) electrons. The first-order valence-electron chi connectivity index (χ1n) is 9.56. The summed E-state index contributed by atoms with van der Waals surface area (Å²) in [5.41, 5.74) is 8.20. The fourth-order valence-electron chi connectivity index (χ4n) is 2.08. The minimum Gasteiger partial charge on any atom is -0.395 e. The van der Waals surface area contributed by atoms with Crippen LogP contribution in [-0.2, 0) is 11.3 Å². The molecule has 7 nitrogen and oxygen atoms in total. The number of hydrogen-bond acceptors (Lipinski definition) is 6. The van der Waals surface area contributed by atoms with Gasteiger partial charge in [0.1, 0.15) is 6.61 Å². The summed E-state index contributed by atoms with van der Waals surface area (Å²) in [5.74, 6) is -0.314. The average molecular weight is 398 g/mol. The van der Waals surface area contributed by atoms with Gasteiger partial charge in [0.2, 0.25) is 0 Å². The van der Waals surface area contributed by atoms with Crippen molar-refractivity contribution < 1.29 is 9.63 Å². The summed E-state index contributed by atoms with van der Waals surface area (Å²) >= 11 is 0. The van der Waals surface area contributed by atoms with E-state index in [0.29, 0.717) is 18.7 Å². The quantitative estimate of drug-likeness (QED) is 0.529. The van der Waals surface area contributed by atoms with Crippen molar-refractivity contribution in [2.45, 2.75) is 41.0 Å². The summed E-state index contributed by atoms with van der Waals surface area (Å²) in [5, 5.41) is 6.89. The number of oxime groups is 1. The maximum absolute atomic E-state index is 12.2. The number of amides is 1. The topological polar surface area (TPSA) is 102 Å². The van der Waals surface area contributed by atoms with Gasteiger partial charge in [0.05, 0.1) is 5.71 Å². The van der Waals surface area contributed by atoms with Gasteiger partial charge in [-0.1, -0.05) is 58.5 Å². The van der Waals surface area contributed by atoms with E-state index in [0.717, 1.165) is 11.3 Å². The summed E-state index contributed by atoms with van der Waals surface area (Å²) < 4.78 is 0. The van der Waals surface area contributed by atoms with Gasteiger partial charge in [-0.2, -0.15) is 0 Å². The number of rotatable bonds is 7. The minimum atomic E-state index is -0.405. The smallest absolute Gasteiger partial charge is 0.278 e. The molecule has 7 heteroatoms. The molecule has 0 spiro atoms. The van der Waals surface area contributed by atoms with Gasteiger partial charge >= 0.3 is 0 Å². The number of aromatic nitrogens is 2. The highest BCUT2D eigenvalue weighted by Crippen LogP contribution is 2.15. The second-order valence-electron chi connectivity index (χ2n) is 7.24. The van der Waals surface area contributed by atoms with Gasteiger partial charge in [0, 0.05) is 24.5 Å². The predicted octanol–water partition coefficient (Wildman–Crippen LogP) is 4.48. The molecular weight excluding hydrogens is 366 g/mol. The summed E-state index contributed by atoms with van der Waals surface area (Å²) in [6.45, 7) is 14.6. The number of nitrogens with zero attached hydrogens (tertiary/aromatic N) is 3. The van der Waals surface area contributed by atoms with E-state index in [1.54, 1.807) is 18.2 Å². The van der Waals surface area contributed by atoms with Crippen molar-refractivity contribution in [3.05, 3.63) is 60.6 Å². The van der Waals surface area contributed by atoms with E-state index < -0.39 is 5.91 Å². The number of carbonyl (C=O) groups is 1. The molecule has 0 atom stereocenters. The number of allylic oxidation sites excluding steroid dienone is 1. The maximum atomic E-state index is 12.2. The standard InChI is InChI=1S/C20H25N5O2.C2H6/c1-5-15(25-27-13-20(2,3)4)12-14-6-8-16(9-7-14)24-19(26)17-18(21)23-11-10-22-17;1-2/h5-11H,1,12-13H2,2-4H3,(H2,21,23)(H,24,26);1-2H3/b25-15+;. The van der Waals surface area contributed by atoms with Crippen molar-refractivity contribution in [1.82, 2.24) is 9.97 Å². The summed E-state index contributed by atoms with van der Waals surface area (Å²) in [6, 6.07) is 7.41. The van der Waals surface area contributed by atoms with Crippen LogP contribution >= 0.6 is 0 Å². The Morgan fingerprint density at radius 2 is 1.83 bits per heavy atom. The number of anilines is 2. The highest BCUT2D eigenvalue weighted by atomic mass is 16.6. The molecule has 0 fully saturated rings. The molecule has 0 saturated heterocycles. The third kappa shape index (κ3) is 8.55. The van der Waals surface area contributed by atoms with Gasteiger partial charge < -0.3 is 15.9 Å². The van der Waals surface area contributed by atoms with Crippen LogP contribution in [0.25, 0.3) is 0 Å². The van der Waals surface area contributed by atoms with Gasteiger partial charge in [-0.05, 0) is 29.2 Å². The second-order valence-corrected chi connectivity index (χ2v) is 7.24. The summed E-state index contributed by atoms with van der Waals surface area (Å²) in [6.07, 6.45) is 5.12. The molecule has 156 valence electrons. The first-order valence-corrected chi connectivity index (χ1v) is 9.56. The van der Waals surface area contributed by atoms with Gasteiger partial charge in [0.25, 0.3) is 5.91 Å². The highest BCUT2D eigenvalue weighted by molar-refractivity contribution is 6.05. The molecule has 0 aliphatic heterocycles. The Morgan fingerprint density at radius 1 is 1.21 bits per heavy atom. The van der Waals surface area contributed by atoms with Crippen LogP contribution in [0.1, 0.15) is 50.7 Å². The number of nitrogens with two attached hydrogens (primary N) is 1. The molecule has 1 aromatic carbocycles. The zero-order valence-electron chi connectivity index (χ0n) is 17.9. The van der Waals surface area contributed by atoms with Crippen LogP contribution in [0.2, 0.25) is 0 Å². The third-order valence-electron chi connectivity index (χ3n) is 3.45. The van der Waals surface area contributed by atoms with Crippen molar-refractivity contribution in [3.8, 4) is 0 Å². The third-order valence-corrected chi connectivity index (χ3v) is 3.45. The first-order chi connectivity index (χ1) is 13.8. The second kappa shape index (κ2) is 11.6. The normalized spacial score (nSPS) is 11.1. The fraction of sp³-hybridized carbons (Fsp3) is 0.364. The van der Waals surface area contributed by atoms with Gasteiger partial charge in [-0.25, -0.2) is 9.97 Å². The summed E-state index contributed by atoms with van der Waals surface area (Å²) in [7, 11) is 0. The molecule has 0 aliphatic carbocycles. The molecule has 0 saturated carbocycles. The van der Waals surface area contributed by atoms with Crippen LogP contribution in [0.5, 0.6) is 0 Å². The van der Waals surface area contributed by atoms with Crippen LogP contribution in [0.4, 0.5) is 11.5 Å². The lowest BCUT2D eigenvalue weighted by atomic mass is 9.99. The van der Waals surface area contributed by atoms with Crippen molar-refractivity contribution >= 4 is 23.1 Å². The van der Waals surface area contributed by atoms with E-state index in [1.165, 1.54) is 12.4 Å². The Kier molecular flexibility index (Phi) is 9.51. The van der Waals surface area contributed by atoms with E-state index >= 15 is 0 Å². The monoisotopic (exact) mass is 397 g/mol. The molecule has 1 heterocycles. The molecule has 1 amide bonds. The zero-order valence-corrected chi connectivity index (χ0v) is 17.9. The Morgan fingerprint density at radius 3 is 2.38 bits per heavy atom. The molecular formula is C22H31N5O2. The van der Waals surface area contributed by atoms with Crippen molar-refractivity contribution in [2.24, 2.45) is 10.6 Å². The first kappa shape index (κ1) is 23.8. The molecule has 0 unspecified atom stereocenters. The van der Waals surface area contributed by atoms with Crippen LogP contribution < -0.4 is 11.1 Å². The van der Waals surface area contributed by atoms with Crippen LogP contribution in [0, 0.1) is 5.41 Å². The SMILES string of the molecule is C=C/C(Cc1ccc(NC(=O)c2nccnc2N)cc1)=N\OCC(C)(C)C.CC. The number of nitrogen functional groups attached to an aromatic ring is 1. The lowest BCUT2D eigenvalue weighted by Gasteiger charge is -2.15. The highest BCUT2D eigenvalue weighted by Gasteiger charge is 2.12. The van der Waals surface area contributed by atoms with Crippen LogP contribution in [0.3, 0.4) is 0 Å². The van der Waals surface area contributed by atoms with Crippen LogP contribution in [0.15, 0.2) is 54.5 Å². The molecule has 1 aromatic heterocycles.